The van der Waals surface area contributed by atoms with E-state index in [1.54, 1.807) is 0 Å². The van der Waals surface area contributed by atoms with Crippen molar-refractivity contribution in [3.05, 3.63) is 0 Å². The Balaban J connectivity index is 2.66. The maximum absolute atomic E-state index is 5.84. The van der Waals surface area contributed by atoms with Crippen molar-refractivity contribution in [2.45, 2.75) is 53.2 Å². The molecule has 0 bridgehead atoms. The van der Waals surface area contributed by atoms with Gasteiger partial charge in [-0.25, -0.2) is 0 Å². The van der Waals surface area contributed by atoms with Crippen molar-refractivity contribution in [1.29, 1.82) is 0 Å². The van der Waals surface area contributed by atoms with Crippen molar-refractivity contribution in [3.63, 3.8) is 0 Å². The van der Waals surface area contributed by atoms with Crippen LogP contribution in [0.5, 0.6) is 0 Å². The molecule has 1 saturated heterocycles. The molecular weight excluding hydrogens is 174 g/mol. The van der Waals surface area contributed by atoms with E-state index in [9.17, 15) is 0 Å². The Bertz CT molecular complexity index is 174. The van der Waals surface area contributed by atoms with Gasteiger partial charge < -0.3 is 10.1 Å². The minimum absolute atomic E-state index is 0.277. The average Bonchev–Trinajstić information content (AvgIpc) is 2.45. The van der Waals surface area contributed by atoms with E-state index in [1.807, 2.05) is 0 Å². The molecule has 0 spiro atoms. The maximum Gasteiger partial charge on any atom is 0.0759 e. The average molecular weight is 199 g/mol. The monoisotopic (exact) mass is 199 g/mol. The summed E-state index contributed by atoms with van der Waals surface area (Å²) in [6.07, 6.45) is 1.61. The Hall–Kier alpha value is -0.0800. The molecule has 1 heterocycles. The lowest BCUT2D eigenvalue weighted by Gasteiger charge is -2.37. The highest BCUT2D eigenvalue weighted by Gasteiger charge is 2.38. The molecule has 84 valence electrons. The summed E-state index contributed by atoms with van der Waals surface area (Å²) in [5, 5.41) is 3.57. The highest BCUT2D eigenvalue weighted by atomic mass is 16.5. The Labute approximate surface area is 88.4 Å². The third-order valence-electron chi connectivity index (χ3n) is 3.13. The molecule has 3 unspecified atom stereocenters. The van der Waals surface area contributed by atoms with Gasteiger partial charge in [0.05, 0.1) is 6.10 Å². The van der Waals surface area contributed by atoms with Crippen molar-refractivity contribution < 1.29 is 4.74 Å². The fourth-order valence-electron chi connectivity index (χ4n) is 2.28. The molecule has 2 heteroatoms. The van der Waals surface area contributed by atoms with Crippen LogP contribution in [-0.2, 0) is 4.74 Å². The lowest BCUT2D eigenvalue weighted by Crippen LogP contribution is -2.50. The van der Waals surface area contributed by atoms with Crippen LogP contribution in [0.25, 0.3) is 0 Å². The van der Waals surface area contributed by atoms with Crippen LogP contribution in [0.15, 0.2) is 0 Å². The summed E-state index contributed by atoms with van der Waals surface area (Å²) in [5.74, 6) is 0.693. The molecule has 1 aliphatic rings. The second kappa shape index (κ2) is 4.63. The molecule has 0 amide bonds. The molecule has 0 saturated carbocycles. The second-order valence-electron chi connectivity index (χ2n) is 5.50. The summed E-state index contributed by atoms with van der Waals surface area (Å²) in [4.78, 5) is 0. The van der Waals surface area contributed by atoms with Crippen LogP contribution in [0.2, 0.25) is 0 Å². The van der Waals surface area contributed by atoms with Crippen molar-refractivity contribution >= 4 is 0 Å². The van der Waals surface area contributed by atoms with E-state index in [1.165, 1.54) is 6.42 Å². The summed E-state index contributed by atoms with van der Waals surface area (Å²) in [5.41, 5.74) is 0.277. The summed E-state index contributed by atoms with van der Waals surface area (Å²) < 4.78 is 5.84. The van der Waals surface area contributed by atoms with Crippen LogP contribution in [-0.4, -0.2) is 25.3 Å². The van der Waals surface area contributed by atoms with Crippen molar-refractivity contribution in [2.24, 2.45) is 11.3 Å². The molecule has 0 aromatic rings. The molecule has 3 atom stereocenters. The number of rotatable bonds is 3. The Morgan fingerprint density at radius 3 is 2.43 bits per heavy atom. The van der Waals surface area contributed by atoms with Crippen LogP contribution in [0.4, 0.5) is 0 Å². The number of hydrogen-bond donors (Lipinski definition) is 1. The summed E-state index contributed by atoms with van der Waals surface area (Å²) in [6.45, 7) is 13.3. The summed E-state index contributed by atoms with van der Waals surface area (Å²) >= 11 is 0. The molecule has 14 heavy (non-hydrogen) atoms. The Morgan fingerprint density at radius 2 is 2.07 bits per heavy atom. The van der Waals surface area contributed by atoms with E-state index >= 15 is 0 Å². The minimum Gasteiger partial charge on any atom is -0.376 e. The summed E-state index contributed by atoms with van der Waals surface area (Å²) in [7, 11) is 0. The third-order valence-corrected chi connectivity index (χ3v) is 3.13. The summed E-state index contributed by atoms with van der Waals surface area (Å²) in [6, 6.07) is 0.477. The largest absolute Gasteiger partial charge is 0.376 e. The number of hydrogen-bond acceptors (Lipinski definition) is 2. The smallest absolute Gasteiger partial charge is 0.0759 e. The van der Waals surface area contributed by atoms with Crippen LogP contribution >= 0.6 is 0 Å². The molecule has 2 nitrogen and oxygen atoms in total. The predicted octanol–water partition coefficient (Wildman–Crippen LogP) is 2.44. The second-order valence-corrected chi connectivity index (χ2v) is 5.50. The highest BCUT2D eigenvalue weighted by molar-refractivity contribution is 4.91. The molecule has 0 radical (unpaired) electrons. The van der Waals surface area contributed by atoms with Gasteiger partial charge in [-0.05, 0) is 24.3 Å². The van der Waals surface area contributed by atoms with E-state index in [0.717, 1.165) is 13.2 Å². The first kappa shape index (κ1) is 12.0. The first-order valence-electron chi connectivity index (χ1n) is 5.81. The fourth-order valence-corrected chi connectivity index (χ4v) is 2.28. The van der Waals surface area contributed by atoms with E-state index in [4.69, 9.17) is 4.74 Å². The molecule has 1 N–H and O–H groups in total. The van der Waals surface area contributed by atoms with Crippen molar-refractivity contribution in [2.75, 3.05) is 13.2 Å². The first-order chi connectivity index (χ1) is 6.46. The van der Waals surface area contributed by atoms with E-state index in [-0.39, 0.29) is 5.41 Å². The molecule has 1 fully saturated rings. The van der Waals surface area contributed by atoms with E-state index < -0.39 is 0 Å². The van der Waals surface area contributed by atoms with Gasteiger partial charge in [0.15, 0.2) is 0 Å². The van der Waals surface area contributed by atoms with Gasteiger partial charge in [-0.3, -0.25) is 0 Å². The van der Waals surface area contributed by atoms with Gasteiger partial charge in [-0.15, -0.1) is 0 Å². The standard InChI is InChI=1S/C12H25NO/c1-6-13-11(12(3,4)5)10-9(2)7-8-14-10/h9-11,13H,6-8H2,1-5H3. The number of likely N-dealkylation sites (N-methyl/N-ethyl adjacent to an activating group) is 1. The lowest BCUT2D eigenvalue weighted by atomic mass is 9.80. The normalized spacial score (nSPS) is 30.6. The van der Waals surface area contributed by atoms with Gasteiger partial charge in [-0.1, -0.05) is 34.6 Å². The van der Waals surface area contributed by atoms with E-state index in [0.29, 0.717) is 18.1 Å². The van der Waals surface area contributed by atoms with Crippen LogP contribution < -0.4 is 5.32 Å². The van der Waals surface area contributed by atoms with E-state index in [2.05, 4.69) is 39.9 Å². The van der Waals surface area contributed by atoms with Crippen LogP contribution in [0.1, 0.15) is 41.0 Å². The topological polar surface area (TPSA) is 21.3 Å². The van der Waals surface area contributed by atoms with Crippen molar-refractivity contribution in [3.8, 4) is 0 Å². The fraction of sp³-hybridized carbons (Fsp3) is 1.00. The first-order valence-corrected chi connectivity index (χ1v) is 5.81. The molecule has 0 aromatic heterocycles. The molecular formula is C12H25NO. The molecule has 0 aromatic carbocycles. The molecule has 1 aliphatic heterocycles. The zero-order chi connectivity index (χ0) is 10.8. The van der Waals surface area contributed by atoms with Crippen LogP contribution in [0.3, 0.4) is 0 Å². The number of nitrogens with one attached hydrogen (secondary N) is 1. The minimum atomic E-state index is 0.277. The Morgan fingerprint density at radius 1 is 1.43 bits per heavy atom. The van der Waals surface area contributed by atoms with Gasteiger partial charge in [0.1, 0.15) is 0 Å². The van der Waals surface area contributed by atoms with Gasteiger partial charge in [0, 0.05) is 12.6 Å². The van der Waals surface area contributed by atoms with Gasteiger partial charge in [0.25, 0.3) is 0 Å². The molecule has 0 aliphatic carbocycles. The molecule has 1 rings (SSSR count). The lowest BCUT2D eigenvalue weighted by molar-refractivity contribution is 0.0238. The third kappa shape index (κ3) is 2.71. The van der Waals surface area contributed by atoms with Crippen molar-refractivity contribution in [1.82, 2.24) is 5.32 Å². The maximum atomic E-state index is 5.84. The van der Waals surface area contributed by atoms with Gasteiger partial charge in [0.2, 0.25) is 0 Å². The van der Waals surface area contributed by atoms with Crippen LogP contribution in [0, 0.1) is 11.3 Å². The zero-order valence-electron chi connectivity index (χ0n) is 10.3. The Kier molecular flexibility index (Phi) is 3.96. The number of ether oxygens (including phenoxy) is 1. The quantitative estimate of drug-likeness (QED) is 0.754. The predicted molar refractivity (Wildman–Crippen MR) is 60.4 cm³/mol. The zero-order valence-corrected chi connectivity index (χ0v) is 10.3. The highest BCUT2D eigenvalue weighted by Crippen LogP contribution is 2.31. The van der Waals surface area contributed by atoms with Gasteiger partial charge in [-0.2, -0.15) is 0 Å². The van der Waals surface area contributed by atoms with Gasteiger partial charge >= 0.3 is 0 Å². The SMILES string of the molecule is CCNC(C1OCCC1C)C(C)(C)C.